The number of carbonyl (C=O) groups is 1. The van der Waals surface area contributed by atoms with Crippen LogP contribution in [0, 0.1) is 0 Å². The van der Waals surface area contributed by atoms with Gasteiger partial charge in [0.15, 0.2) is 0 Å². The molecule has 156 valence electrons. The third-order valence-corrected chi connectivity index (χ3v) is 5.29. The molecule has 1 heterocycles. The third-order valence-electron chi connectivity index (χ3n) is 5.29. The normalized spacial score (nSPS) is 11.5. The van der Waals surface area contributed by atoms with Gasteiger partial charge in [-0.2, -0.15) is 0 Å². The van der Waals surface area contributed by atoms with E-state index in [0.29, 0.717) is 11.3 Å². The molecule has 3 aromatic carbocycles. The number of aryl methyl sites for hydroxylation is 2. The molecule has 0 aliphatic carbocycles. The Morgan fingerprint density at radius 1 is 0.903 bits per heavy atom. The number of anilines is 1. The molecule has 4 aromatic rings. The van der Waals surface area contributed by atoms with Gasteiger partial charge in [0.25, 0.3) is 5.91 Å². The van der Waals surface area contributed by atoms with Crippen LogP contribution in [0.1, 0.15) is 11.1 Å². The monoisotopic (exact) mass is 413 g/mol. The summed E-state index contributed by atoms with van der Waals surface area (Å²) < 4.78 is 8.36. The lowest BCUT2D eigenvalue weighted by molar-refractivity contribution is -0.111. The molecule has 0 unspecified atom stereocenters. The minimum absolute atomic E-state index is 0.108. The number of ether oxygens (including phenoxy) is 1. The van der Waals surface area contributed by atoms with Crippen molar-refractivity contribution in [3.05, 3.63) is 94.4 Å². The lowest BCUT2D eigenvalue weighted by Crippen LogP contribution is -2.19. The molecule has 0 aliphatic rings. The molecular weight excluding hydrogens is 390 g/mol. The molecule has 4 rings (SSSR count). The van der Waals surface area contributed by atoms with Crippen molar-refractivity contribution >= 4 is 34.3 Å². The lowest BCUT2D eigenvalue weighted by Gasteiger charge is -2.11. The molecule has 6 nitrogen and oxygen atoms in total. The second-order valence-electron chi connectivity index (χ2n) is 7.26. The quantitative estimate of drug-likeness (QED) is 0.396. The van der Waals surface area contributed by atoms with Crippen LogP contribution >= 0.6 is 0 Å². The van der Waals surface area contributed by atoms with Crippen molar-refractivity contribution in [1.82, 2.24) is 9.13 Å². The molecule has 1 aromatic heterocycles. The Kier molecular flexibility index (Phi) is 5.45. The van der Waals surface area contributed by atoms with E-state index in [1.165, 1.54) is 0 Å². The van der Waals surface area contributed by atoms with E-state index in [4.69, 9.17) is 4.74 Å². The Morgan fingerprint density at radius 3 is 2.26 bits per heavy atom. The summed E-state index contributed by atoms with van der Waals surface area (Å²) in [5.41, 5.74) is 4.30. The van der Waals surface area contributed by atoms with Crippen LogP contribution in [0.15, 0.2) is 77.6 Å². The minimum atomic E-state index is -0.234. The summed E-state index contributed by atoms with van der Waals surface area (Å²) in [4.78, 5) is 25.4. The average molecular weight is 413 g/mol. The SMILES string of the molecule is COc1ccc(C=C(C(=O)Nc2ccc3c(c2)n(C)c(=O)n3C)c2ccccc2)cc1. The number of amides is 1. The molecule has 0 saturated carbocycles. The molecule has 1 N–H and O–H groups in total. The summed E-state index contributed by atoms with van der Waals surface area (Å²) in [7, 11) is 5.07. The molecular formula is C25H23N3O3. The fraction of sp³-hybridized carbons (Fsp3) is 0.120. The highest BCUT2D eigenvalue weighted by Gasteiger charge is 2.14. The van der Waals surface area contributed by atoms with E-state index in [0.717, 1.165) is 27.9 Å². The molecule has 31 heavy (non-hydrogen) atoms. The molecule has 0 bridgehead atoms. The summed E-state index contributed by atoms with van der Waals surface area (Å²) in [6, 6.07) is 22.5. The van der Waals surface area contributed by atoms with Crippen LogP contribution in [0.4, 0.5) is 5.69 Å². The smallest absolute Gasteiger partial charge is 0.328 e. The van der Waals surface area contributed by atoms with Crippen LogP contribution < -0.4 is 15.7 Å². The molecule has 0 spiro atoms. The molecule has 0 aliphatic heterocycles. The number of rotatable bonds is 5. The van der Waals surface area contributed by atoms with Gasteiger partial charge in [0.1, 0.15) is 5.75 Å². The first-order valence-electron chi connectivity index (χ1n) is 9.86. The van der Waals surface area contributed by atoms with Gasteiger partial charge in [-0.25, -0.2) is 4.79 Å². The largest absolute Gasteiger partial charge is 0.497 e. The highest BCUT2D eigenvalue weighted by Crippen LogP contribution is 2.23. The second-order valence-corrected chi connectivity index (χ2v) is 7.26. The first-order valence-corrected chi connectivity index (χ1v) is 9.86. The van der Waals surface area contributed by atoms with Crippen molar-refractivity contribution in [1.29, 1.82) is 0 Å². The Balaban J connectivity index is 1.71. The highest BCUT2D eigenvalue weighted by atomic mass is 16.5. The first kappa shape index (κ1) is 20.2. The van der Waals surface area contributed by atoms with Gasteiger partial charge in [-0.1, -0.05) is 42.5 Å². The predicted octanol–water partition coefficient (Wildman–Crippen LogP) is 4.06. The highest BCUT2D eigenvalue weighted by molar-refractivity contribution is 6.29. The summed E-state index contributed by atoms with van der Waals surface area (Å²) in [5, 5.41) is 2.97. The van der Waals surface area contributed by atoms with Crippen molar-refractivity contribution in [3.8, 4) is 5.75 Å². The predicted molar refractivity (Wildman–Crippen MR) is 124 cm³/mol. The van der Waals surface area contributed by atoms with Crippen molar-refractivity contribution in [2.75, 3.05) is 12.4 Å². The maximum absolute atomic E-state index is 13.3. The number of benzene rings is 3. The topological polar surface area (TPSA) is 65.3 Å². The summed E-state index contributed by atoms with van der Waals surface area (Å²) in [6.07, 6.45) is 1.85. The molecule has 6 heteroatoms. The van der Waals surface area contributed by atoms with E-state index in [2.05, 4.69) is 5.32 Å². The van der Waals surface area contributed by atoms with Crippen LogP contribution in [0.2, 0.25) is 0 Å². The zero-order valence-electron chi connectivity index (χ0n) is 17.6. The fourth-order valence-corrected chi connectivity index (χ4v) is 3.55. The lowest BCUT2D eigenvalue weighted by atomic mass is 10.0. The van der Waals surface area contributed by atoms with Crippen LogP contribution in [0.25, 0.3) is 22.7 Å². The van der Waals surface area contributed by atoms with E-state index in [-0.39, 0.29) is 11.6 Å². The molecule has 0 radical (unpaired) electrons. The molecule has 0 atom stereocenters. The van der Waals surface area contributed by atoms with E-state index >= 15 is 0 Å². The number of aromatic nitrogens is 2. The van der Waals surface area contributed by atoms with E-state index in [1.807, 2.05) is 72.8 Å². The first-order chi connectivity index (χ1) is 15.0. The zero-order valence-corrected chi connectivity index (χ0v) is 17.6. The summed E-state index contributed by atoms with van der Waals surface area (Å²) in [5.74, 6) is 0.520. The number of fused-ring (bicyclic) bond motifs is 1. The number of hydrogen-bond donors (Lipinski definition) is 1. The maximum atomic E-state index is 13.3. The standard InChI is InChI=1S/C25H23N3O3/c1-27-22-14-11-19(16-23(22)28(2)25(27)30)26-24(29)21(18-7-5-4-6-8-18)15-17-9-12-20(31-3)13-10-17/h4-16H,1-3H3,(H,26,29). The number of carbonyl (C=O) groups excluding carboxylic acids is 1. The number of methoxy groups -OCH3 is 1. The second kappa shape index (κ2) is 8.36. The number of nitrogens with one attached hydrogen (secondary N) is 1. The van der Waals surface area contributed by atoms with Gasteiger partial charge in [-0.15, -0.1) is 0 Å². The molecule has 1 amide bonds. The van der Waals surface area contributed by atoms with Gasteiger partial charge >= 0.3 is 5.69 Å². The number of hydrogen-bond acceptors (Lipinski definition) is 3. The zero-order chi connectivity index (χ0) is 22.0. The van der Waals surface area contributed by atoms with Gasteiger partial charge in [-0.05, 0) is 47.5 Å². The van der Waals surface area contributed by atoms with Crippen molar-refractivity contribution in [2.45, 2.75) is 0 Å². The minimum Gasteiger partial charge on any atom is -0.497 e. The van der Waals surface area contributed by atoms with Crippen LogP contribution in [0.3, 0.4) is 0 Å². The third kappa shape index (κ3) is 4.00. The Bertz CT molecular complexity index is 1330. The Morgan fingerprint density at radius 2 is 1.58 bits per heavy atom. The van der Waals surface area contributed by atoms with Crippen molar-refractivity contribution < 1.29 is 9.53 Å². The van der Waals surface area contributed by atoms with Crippen molar-refractivity contribution in [3.63, 3.8) is 0 Å². The van der Waals surface area contributed by atoms with E-state index in [1.54, 1.807) is 36.4 Å². The molecule has 0 saturated heterocycles. The van der Waals surface area contributed by atoms with Gasteiger partial charge < -0.3 is 10.1 Å². The van der Waals surface area contributed by atoms with Crippen LogP contribution in [-0.2, 0) is 18.9 Å². The van der Waals surface area contributed by atoms with E-state index < -0.39 is 0 Å². The van der Waals surface area contributed by atoms with Gasteiger partial charge in [0.2, 0.25) is 0 Å². The maximum Gasteiger partial charge on any atom is 0.328 e. The fourth-order valence-electron chi connectivity index (χ4n) is 3.55. The number of nitrogens with zero attached hydrogens (tertiary/aromatic N) is 2. The van der Waals surface area contributed by atoms with E-state index in [9.17, 15) is 9.59 Å². The summed E-state index contributed by atoms with van der Waals surface area (Å²) >= 11 is 0. The van der Waals surface area contributed by atoms with Crippen molar-refractivity contribution in [2.24, 2.45) is 14.1 Å². The average Bonchev–Trinajstić information content (AvgIpc) is 3.02. The number of imidazole rings is 1. The Labute approximate surface area is 180 Å². The van der Waals surface area contributed by atoms with Crippen LogP contribution in [-0.4, -0.2) is 22.2 Å². The van der Waals surface area contributed by atoms with Gasteiger partial charge in [-0.3, -0.25) is 13.9 Å². The molecule has 0 fully saturated rings. The summed E-state index contributed by atoms with van der Waals surface area (Å²) in [6.45, 7) is 0. The van der Waals surface area contributed by atoms with Crippen LogP contribution in [0.5, 0.6) is 5.75 Å². The van der Waals surface area contributed by atoms with Gasteiger partial charge in [0, 0.05) is 25.4 Å². The van der Waals surface area contributed by atoms with Gasteiger partial charge in [0.05, 0.1) is 18.1 Å². The Hall–Kier alpha value is -4.06.